The monoisotopic (exact) mass is 495 g/mol. The molecule has 1 saturated carbocycles. The molecule has 1 aliphatic heterocycles. The number of methoxy groups -OCH3 is 1. The van der Waals surface area contributed by atoms with Gasteiger partial charge in [0.25, 0.3) is 5.91 Å². The van der Waals surface area contributed by atoms with E-state index in [1.807, 2.05) is 25.1 Å². The molecule has 196 valence electrons. The molecule has 2 aromatic rings. The quantitative estimate of drug-likeness (QED) is 0.437. The number of likely N-dealkylation sites (tertiary alicyclic amines) is 1. The van der Waals surface area contributed by atoms with Crippen LogP contribution in [0.5, 0.6) is 0 Å². The van der Waals surface area contributed by atoms with E-state index >= 15 is 0 Å². The van der Waals surface area contributed by atoms with Gasteiger partial charge in [-0.15, -0.1) is 0 Å². The van der Waals surface area contributed by atoms with Crippen LogP contribution in [0.25, 0.3) is 11.3 Å². The van der Waals surface area contributed by atoms with Crippen molar-refractivity contribution in [2.75, 3.05) is 26.7 Å². The molecule has 7 nitrogen and oxygen atoms in total. The molecule has 2 aliphatic rings. The first-order valence-electron chi connectivity index (χ1n) is 13.6. The number of carbonyl (C=O) groups is 2. The van der Waals surface area contributed by atoms with Gasteiger partial charge in [-0.1, -0.05) is 25.3 Å². The summed E-state index contributed by atoms with van der Waals surface area (Å²) in [6, 6.07) is 5.87. The number of furan rings is 1. The molecule has 0 bridgehead atoms. The van der Waals surface area contributed by atoms with Crippen LogP contribution in [0.1, 0.15) is 86.7 Å². The minimum atomic E-state index is -0.164. The SMILES string of the molecule is COC(=O)CCCC1(CCN2CCC(NC(=O)c3occc3-c3ccc(C)cn3)CC2)CCCCC1. The molecule has 4 rings (SSSR count). The van der Waals surface area contributed by atoms with Crippen LogP contribution in [0.2, 0.25) is 0 Å². The van der Waals surface area contributed by atoms with E-state index in [-0.39, 0.29) is 17.9 Å². The molecule has 0 aromatic carbocycles. The molecule has 1 N–H and O–H groups in total. The number of esters is 1. The molecule has 1 aliphatic carbocycles. The summed E-state index contributed by atoms with van der Waals surface area (Å²) >= 11 is 0. The van der Waals surface area contributed by atoms with E-state index in [1.165, 1.54) is 45.6 Å². The molecule has 0 atom stereocenters. The number of aromatic nitrogens is 1. The van der Waals surface area contributed by atoms with Crippen molar-refractivity contribution in [3.63, 3.8) is 0 Å². The average Bonchev–Trinajstić information content (AvgIpc) is 3.39. The van der Waals surface area contributed by atoms with Gasteiger partial charge in [0.05, 0.1) is 24.6 Å². The van der Waals surface area contributed by atoms with Crippen LogP contribution < -0.4 is 5.32 Å². The highest BCUT2D eigenvalue weighted by Crippen LogP contribution is 2.43. The van der Waals surface area contributed by atoms with Crippen molar-refractivity contribution in [3.8, 4) is 11.3 Å². The largest absolute Gasteiger partial charge is 0.469 e. The Hall–Kier alpha value is -2.67. The van der Waals surface area contributed by atoms with Crippen molar-refractivity contribution in [2.45, 2.75) is 83.6 Å². The second-order valence-electron chi connectivity index (χ2n) is 10.7. The Morgan fingerprint density at radius 1 is 1.14 bits per heavy atom. The summed E-state index contributed by atoms with van der Waals surface area (Å²) in [4.78, 5) is 31.6. The van der Waals surface area contributed by atoms with Crippen molar-refractivity contribution in [1.82, 2.24) is 15.2 Å². The number of carbonyl (C=O) groups excluding carboxylic acids is 2. The molecular weight excluding hydrogens is 454 g/mol. The lowest BCUT2D eigenvalue weighted by atomic mass is 9.68. The lowest BCUT2D eigenvalue weighted by Crippen LogP contribution is -2.45. The Labute approximate surface area is 215 Å². The third kappa shape index (κ3) is 6.96. The van der Waals surface area contributed by atoms with Crippen LogP contribution in [0, 0.1) is 12.3 Å². The number of hydrogen-bond donors (Lipinski definition) is 1. The van der Waals surface area contributed by atoms with Crippen LogP contribution >= 0.6 is 0 Å². The van der Waals surface area contributed by atoms with Gasteiger partial charge < -0.3 is 19.4 Å². The zero-order chi connectivity index (χ0) is 25.4. The predicted octanol–water partition coefficient (Wildman–Crippen LogP) is 5.53. The maximum absolute atomic E-state index is 13.0. The highest BCUT2D eigenvalue weighted by Gasteiger charge is 2.33. The smallest absolute Gasteiger partial charge is 0.305 e. The van der Waals surface area contributed by atoms with Gasteiger partial charge in [-0.3, -0.25) is 14.6 Å². The summed E-state index contributed by atoms with van der Waals surface area (Å²) in [6.07, 6.45) is 15.5. The molecule has 0 unspecified atom stereocenters. The number of hydrogen-bond acceptors (Lipinski definition) is 6. The van der Waals surface area contributed by atoms with Crippen molar-refractivity contribution < 1.29 is 18.7 Å². The summed E-state index contributed by atoms with van der Waals surface area (Å²) in [7, 11) is 1.47. The predicted molar refractivity (Wildman–Crippen MR) is 140 cm³/mol. The van der Waals surface area contributed by atoms with Crippen molar-refractivity contribution >= 4 is 11.9 Å². The summed E-state index contributed by atoms with van der Waals surface area (Å²) in [5.41, 5.74) is 2.93. The van der Waals surface area contributed by atoms with Crippen LogP contribution in [-0.2, 0) is 9.53 Å². The van der Waals surface area contributed by atoms with E-state index in [2.05, 4.69) is 15.2 Å². The van der Waals surface area contributed by atoms with Gasteiger partial charge in [0.2, 0.25) is 5.76 Å². The first-order chi connectivity index (χ1) is 17.5. The Kier molecular flexibility index (Phi) is 9.19. The number of nitrogens with one attached hydrogen (secondary N) is 1. The molecule has 1 saturated heterocycles. The minimum Gasteiger partial charge on any atom is -0.469 e. The van der Waals surface area contributed by atoms with Crippen molar-refractivity contribution in [1.29, 1.82) is 0 Å². The Balaban J connectivity index is 1.25. The standard InChI is InChI=1S/C29H41N3O4/c1-22-8-9-25(30-21-22)24-12-20-36-27(24)28(34)31-23-10-17-32(18-11-23)19-16-29(13-4-3-5-14-29)15-6-7-26(33)35-2/h8-9,12,20-21,23H,3-7,10-11,13-19H2,1-2H3,(H,31,34). The van der Waals surface area contributed by atoms with Gasteiger partial charge in [0, 0.05) is 31.7 Å². The zero-order valence-corrected chi connectivity index (χ0v) is 21.9. The topological polar surface area (TPSA) is 84.7 Å². The summed E-state index contributed by atoms with van der Waals surface area (Å²) in [6.45, 7) is 5.08. The first-order valence-corrected chi connectivity index (χ1v) is 13.6. The Bertz CT molecular complexity index is 986. The van der Waals surface area contributed by atoms with Gasteiger partial charge in [0.15, 0.2) is 0 Å². The number of amides is 1. The third-order valence-corrected chi connectivity index (χ3v) is 8.17. The Morgan fingerprint density at radius 3 is 2.61 bits per heavy atom. The van der Waals surface area contributed by atoms with Crippen LogP contribution in [-0.4, -0.2) is 54.5 Å². The maximum atomic E-state index is 13.0. The lowest BCUT2D eigenvalue weighted by molar-refractivity contribution is -0.140. The fourth-order valence-corrected chi connectivity index (χ4v) is 5.90. The second kappa shape index (κ2) is 12.5. The molecule has 3 heterocycles. The number of ether oxygens (including phenoxy) is 1. The molecular formula is C29H41N3O4. The van der Waals surface area contributed by atoms with Gasteiger partial charge in [-0.05, 0) is 81.5 Å². The number of rotatable bonds is 10. The average molecular weight is 496 g/mol. The maximum Gasteiger partial charge on any atom is 0.305 e. The van der Waals surface area contributed by atoms with E-state index in [0.29, 0.717) is 17.6 Å². The number of pyridine rings is 1. The number of nitrogens with zero attached hydrogens (tertiary/aromatic N) is 2. The first kappa shape index (κ1) is 26.4. The minimum absolute atomic E-state index is 0.0955. The number of piperidine rings is 1. The normalized spacial score (nSPS) is 18.6. The van der Waals surface area contributed by atoms with Gasteiger partial charge in [-0.2, -0.15) is 0 Å². The summed E-state index contributed by atoms with van der Waals surface area (Å²) < 4.78 is 10.4. The van der Waals surface area contributed by atoms with Gasteiger partial charge in [0.1, 0.15) is 0 Å². The van der Waals surface area contributed by atoms with Gasteiger partial charge in [-0.25, -0.2) is 0 Å². The van der Waals surface area contributed by atoms with Crippen LogP contribution in [0.15, 0.2) is 35.1 Å². The molecule has 1 amide bonds. The fourth-order valence-electron chi connectivity index (χ4n) is 5.90. The Morgan fingerprint density at radius 2 is 1.92 bits per heavy atom. The van der Waals surface area contributed by atoms with E-state index < -0.39 is 0 Å². The van der Waals surface area contributed by atoms with E-state index in [1.54, 1.807) is 12.5 Å². The molecule has 0 spiro atoms. The van der Waals surface area contributed by atoms with Crippen LogP contribution in [0.4, 0.5) is 0 Å². The highest BCUT2D eigenvalue weighted by molar-refractivity contribution is 5.97. The second-order valence-corrected chi connectivity index (χ2v) is 10.7. The highest BCUT2D eigenvalue weighted by atomic mass is 16.5. The molecule has 0 radical (unpaired) electrons. The van der Waals surface area contributed by atoms with E-state index in [4.69, 9.17) is 9.15 Å². The summed E-state index contributed by atoms with van der Waals surface area (Å²) in [5.74, 6) is 0.0736. The molecule has 2 aromatic heterocycles. The van der Waals surface area contributed by atoms with E-state index in [9.17, 15) is 9.59 Å². The number of aryl methyl sites for hydroxylation is 1. The molecule has 36 heavy (non-hydrogen) atoms. The van der Waals surface area contributed by atoms with E-state index in [0.717, 1.165) is 62.1 Å². The van der Waals surface area contributed by atoms with Gasteiger partial charge >= 0.3 is 5.97 Å². The zero-order valence-electron chi connectivity index (χ0n) is 21.9. The molecule has 2 fully saturated rings. The van der Waals surface area contributed by atoms with Crippen molar-refractivity contribution in [3.05, 3.63) is 42.0 Å². The third-order valence-electron chi connectivity index (χ3n) is 8.17. The van der Waals surface area contributed by atoms with Crippen molar-refractivity contribution in [2.24, 2.45) is 5.41 Å². The van der Waals surface area contributed by atoms with Crippen LogP contribution in [0.3, 0.4) is 0 Å². The molecule has 7 heteroatoms. The fraction of sp³-hybridized carbons (Fsp3) is 0.621. The lowest BCUT2D eigenvalue weighted by Gasteiger charge is -2.40. The summed E-state index contributed by atoms with van der Waals surface area (Å²) in [5, 5.41) is 3.19.